The molecule has 1 N–H and O–H groups in total. The first kappa shape index (κ1) is 23.4. The van der Waals surface area contributed by atoms with Crippen LogP contribution in [-0.2, 0) is 22.8 Å². The highest BCUT2D eigenvalue weighted by atomic mass is 79.9. The third-order valence-electron chi connectivity index (χ3n) is 6.05. The minimum Gasteiger partial charge on any atom is -0.316 e. The van der Waals surface area contributed by atoms with Crippen molar-refractivity contribution in [2.75, 3.05) is 18.8 Å². The number of hydrogen-bond acceptors (Lipinski definition) is 5. The van der Waals surface area contributed by atoms with E-state index < -0.39 is 9.84 Å². The topological polar surface area (TPSA) is 81.1 Å². The molecule has 0 spiro atoms. The molecule has 0 aliphatic carbocycles. The van der Waals surface area contributed by atoms with Crippen LogP contribution in [-0.4, -0.2) is 36.8 Å². The predicted molar refractivity (Wildman–Crippen MR) is 131 cm³/mol. The van der Waals surface area contributed by atoms with Crippen molar-refractivity contribution in [3.8, 4) is 0 Å². The molecule has 1 fully saturated rings. The zero-order chi connectivity index (χ0) is 22.9. The molecule has 0 amide bonds. The lowest BCUT2D eigenvalue weighted by atomic mass is 9.98. The van der Waals surface area contributed by atoms with Gasteiger partial charge in [-0.3, -0.25) is 9.36 Å². The number of sulfone groups is 1. The van der Waals surface area contributed by atoms with Gasteiger partial charge in [-0.2, -0.15) is 0 Å². The minimum absolute atomic E-state index is 0.0286. The van der Waals surface area contributed by atoms with Gasteiger partial charge < -0.3 is 5.32 Å². The molecular weight excluding hydrogens is 514 g/mol. The van der Waals surface area contributed by atoms with Crippen LogP contribution in [0.25, 0.3) is 10.9 Å². The maximum Gasteiger partial charge on any atom is 0.261 e. The Morgan fingerprint density at radius 3 is 2.78 bits per heavy atom. The summed E-state index contributed by atoms with van der Waals surface area (Å²) < 4.78 is 27.3. The van der Waals surface area contributed by atoms with E-state index in [-0.39, 0.29) is 22.8 Å². The second-order valence-electron chi connectivity index (χ2n) is 8.19. The fraction of sp³-hybridized carbons (Fsp3) is 0.391. The lowest BCUT2D eigenvalue weighted by Gasteiger charge is -2.13. The molecule has 170 valence electrons. The molecule has 4 rings (SSSR count). The number of aromatic nitrogens is 2. The van der Waals surface area contributed by atoms with Crippen molar-refractivity contribution in [3.05, 3.63) is 67.6 Å². The van der Waals surface area contributed by atoms with E-state index in [0.29, 0.717) is 27.4 Å². The first-order valence-corrected chi connectivity index (χ1v) is 13.5. The van der Waals surface area contributed by atoms with E-state index in [1.165, 1.54) is 23.4 Å². The summed E-state index contributed by atoms with van der Waals surface area (Å²) in [5.74, 6) is 0.656. The van der Waals surface area contributed by atoms with Crippen molar-refractivity contribution >= 4 is 48.3 Å². The summed E-state index contributed by atoms with van der Waals surface area (Å²) in [4.78, 5) is 17.9. The van der Waals surface area contributed by atoms with Crippen molar-refractivity contribution in [1.29, 1.82) is 0 Å². The minimum atomic E-state index is -3.45. The Hall–Kier alpha value is -1.74. The normalized spacial score (nSPS) is 16.7. The molecule has 0 unspecified atom stereocenters. The molecule has 1 saturated heterocycles. The molecular formula is C23H25BrClN3O3S. The second kappa shape index (κ2) is 9.63. The molecule has 3 aromatic rings. The molecule has 9 heteroatoms. The van der Waals surface area contributed by atoms with E-state index in [2.05, 4.69) is 26.2 Å². The summed E-state index contributed by atoms with van der Waals surface area (Å²) in [6.07, 6.45) is 4.70. The number of fused-ring (bicyclic) bond motifs is 1. The maximum atomic E-state index is 13.2. The van der Waals surface area contributed by atoms with Crippen LogP contribution < -0.4 is 10.9 Å². The Morgan fingerprint density at radius 2 is 2.06 bits per heavy atom. The molecule has 0 bridgehead atoms. The van der Waals surface area contributed by atoms with Crippen molar-refractivity contribution < 1.29 is 8.42 Å². The van der Waals surface area contributed by atoms with Gasteiger partial charge in [0.25, 0.3) is 5.56 Å². The number of benzene rings is 2. The van der Waals surface area contributed by atoms with Crippen molar-refractivity contribution in [2.45, 2.75) is 37.6 Å². The molecule has 2 aromatic carbocycles. The van der Waals surface area contributed by atoms with E-state index in [9.17, 15) is 13.2 Å². The monoisotopic (exact) mass is 537 g/mol. The molecule has 6 nitrogen and oxygen atoms in total. The average Bonchev–Trinajstić information content (AvgIpc) is 3.28. The Morgan fingerprint density at radius 1 is 1.25 bits per heavy atom. The lowest BCUT2D eigenvalue weighted by Crippen LogP contribution is -2.22. The van der Waals surface area contributed by atoms with Gasteiger partial charge in [0.05, 0.1) is 34.4 Å². The summed E-state index contributed by atoms with van der Waals surface area (Å²) in [6, 6.07) is 8.44. The second-order valence-corrected chi connectivity index (χ2v) is 11.7. The van der Waals surface area contributed by atoms with E-state index in [4.69, 9.17) is 11.6 Å². The molecule has 1 aliphatic rings. The SMILES string of the molecule is CCS(=O)(=O)c1ccc(Cl)cc1Cn1cnc2cc(CC[C@H]3CCNC3)c(Br)cc2c1=O. The Bertz CT molecular complexity index is 1320. The number of rotatable bonds is 7. The average molecular weight is 539 g/mol. The molecule has 32 heavy (non-hydrogen) atoms. The summed E-state index contributed by atoms with van der Waals surface area (Å²) in [5.41, 5.74) is 2.03. The van der Waals surface area contributed by atoms with Gasteiger partial charge in [-0.1, -0.05) is 34.5 Å². The standard InChI is InChI=1S/C23H25BrClN3O3S/c1-2-32(30,31)22-6-5-18(25)9-17(22)13-28-14-27-21-10-16(4-3-15-7-8-26-12-15)20(24)11-19(21)23(28)29/h5-6,9-11,14-15,26H,2-4,7-8,12-13H2,1H3/t15-/m0/s1. The van der Waals surface area contributed by atoms with Crippen LogP contribution in [0.1, 0.15) is 30.9 Å². The highest BCUT2D eigenvalue weighted by Crippen LogP contribution is 2.26. The van der Waals surface area contributed by atoms with E-state index >= 15 is 0 Å². The van der Waals surface area contributed by atoms with Gasteiger partial charge in [-0.05, 0) is 79.7 Å². The zero-order valence-electron chi connectivity index (χ0n) is 17.8. The van der Waals surface area contributed by atoms with Crippen LogP contribution in [0.5, 0.6) is 0 Å². The highest BCUT2D eigenvalue weighted by molar-refractivity contribution is 9.10. The van der Waals surface area contributed by atoms with Gasteiger partial charge in [0.15, 0.2) is 9.84 Å². The third-order valence-corrected chi connectivity index (χ3v) is 8.86. The summed E-state index contributed by atoms with van der Waals surface area (Å²) >= 11 is 9.74. The first-order valence-electron chi connectivity index (χ1n) is 10.7. The van der Waals surface area contributed by atoms with Gasteiger partial charge in [0.2, 0.25) is 0 Å². The number of nitrogens with one attached hydrogen (secondary N) is 1. The van der Waals surface area contributed by atoms with E-state index in [1.54, 1.807) is 19.1 Å². The molecule has 1 aliphatic heterocycles. The lowest BCUT2D eigenvalue weighted by molar-refractivity contribution is 0.532. The summed E-state index contributed by atoms with van der Waals surface area (Å²) in [6.45, 7) is 3.81. The third kappa shape index (κ3) is 4.93. The summed E-state index contributed by atoms with van der Waals surface area (Å²) in [5, 5.41) is 4.30. The number of nitrogens with zero attached hydrogens (tertiary/aromatic N) is 2. The van der Waals surface area contributed by atoms with E-state index in [0.717, 1.165) is 36.0 Å². The van der Waals surface area contributed by atoms with Gasteiger partial charge in [-0.15, -0.1) is 0 Å². The number of aryl methyl sites for hydroxylation is 1. The molecule has 0 saturated carbocycles. The van der Waals surface area contributed by atoms with Crippen LogP contribution in [0.4, 0.5) is 0 Å². The molecule has 2 heterocycles. The Kier molecular flexibility index (Phi) is 7.05. The van der Waals surface area contributed by atoms with Crippen LogP contribution in [0.3, 0.4) is 0 Å². The maximum absolute atomic E-state index is 13.2. The van der Waals surface area contributed by atoms with Crippen molar-refractivity contribution in [3.63, 3.8) is 0 Å². The van der Waals surface area contributed by atoms with Gasteiger partial charge >= 0.3 is 0 Å². The van der Waals surface area contributed by atoms with Crippen LogP contribution in [0.2, 0.25) is 5.02 Å². The molecule has 0 radical (unpaired) electrons. The Labute approximate surface area is 201 Å². The smallest absolute Gasteiger partial charge is 0.261 e. The molecule has 1 atom stereocenters. The summed E-state index contributed by atoms with van der Waals surface area (Å²) in [7, 11) is -3.45. The van der Waals surface area contributed by atoms with Gasteiger partial charge in [-0.25, -0.2) is 13.4 Å². The predicted octanol–water partition coefficient (Wildman–Crippen LogP) is 4.20. The highest BCUT2D eigenvalue weighted by Gasteiger charge is 2.19. The fourth-order valence-corrected chi connectivity index (χ4v) is 6.01. The van der Waals surface area contributed by atoms with Crippen molar-refractivity contribution in [1.82, 2.24) is 14.9 Å². The quantitative estimate of drug-likeness (QED) is 0.488. The molecule has 1 aromatic heterocycles. The van der Waals surface area contributed by atoms with Gasteiger partial charge in [0.1, 0.15) is 0 Å². The van der Waals surface area contributed by atoms with E-state index in [1.807, 2.05) is 12.1 Å². The Balaban J connectivity index is 1.67. The first-order chi connectivity index (χ1) is 15.3. The van der Waals surface area contributed by atoms with Crippen LogP contribution >= 0.6 is 27.5 Å². The van der Waals surface area contributed by atoms with Crippen molar-refractivity contribution in [2.24, 2.45) is 5.92 Å². The zero-order valence-corrected chi connectivity index (χ0v) is 20.9. The number of halogens is 2. The largest absolute Gasteiger partial charge is 0.316 e. The van der Waals surface area contributed by atoms with Crippen LogP contribution in [0, 0.1) is 5.92 Å². The van der Waals surface area contributed by atoms with Crippen LogP contribution in [0.15, 0.2) is 50.8 Å². The number of hydrogen-bond donors (Lipinski definition) is 1. The fourth-order valence-electron chi connectivity index (χ4n) is 4.16. The van der Waals surface area contributed by atoms with Gasteiger partial charge in [0, 0.05) is 9.50 Å².